The van der Waals surface area contributed by atoms with E-state index in [0.29, 0.717) is 36.8 Å². The second kappa shape index (κ2) is 15.0. The van der Waals surface area contributed by atoms with Gasteiger partial charge >= 0.3 is 0 Å². The van der Waals surface area contributed by atoms with Crippen LogP contribution in [-0.2, 0) is 29.3 Å². The first-order valence-corrected chi connectivity index (χ1v) is 13.7. The molecule has 0 aliphatic heterocycles. The number of carbonyl (C=O) groups is 1. The van der Waals surface area contributed by atoms with Crippen LogP contribution in [0.5, 0.6) is 5.75 Å². The molecule has 4 rings (SSSR count). The Morgan fingerprint density at radius 3 is 1.98 bits per heavy atom. The fourth-order valence-corrected chi connectivity index (χ4v) is 4.34. The number of rotatable bonds is 14. The molecule has 40 heavy (non-hydrogen) atoms. The third-order valence-electron chi connectivity index (χ3n) is 6.61. The molecule has 0 aliphatic rings. The summed E-state index contributed by atoms with van der Waals surface area (Å²) in [7, 11) is 0. The predicted molar refractivity (Wildman–Crippen MR) is 159 cm³/mol. The third-order valence-corrected chi connectivity index (χ3v) is 6.61. The van der Waals surface area contributed by atoms with Gasteiger partial charge in [-0.1, -0.05) is 97.1 Å². The number of anilines is 1. The van der Waals surface area contributed by atoms with Gasteiger partial charge in [-0.05, 0) is 48.2 Å². The summed E-state index contributed by atoms with van der Waals surface area (Å²) in [5, 5.41) is 14.2. The van der Waals surface area contributed by atoms with Gasteiger partial charge in [0.05, 0.1) is 18.4 Å². The van der Waals surface area contributed by atoms with E-state index in [-0.39, 0.29) is 18.6 Å². The van der Waals surface area contributed by atoms with Gasteiger partial charge in [0.25, 0.3) is 0 Å². The van der Waals surface area contributed by atoms with Crippen LogP contribution in [0.25, 0.3) is 0 Å². The van der Waals surface area contributed by atoms with Crippen molar-refractivity contribution in [1.29, 1.82) is 0 Å². The van der Waals surface area contributed by atoms with Gasteiger partial charge in [0.1, 0.15) is 19.0 Å². The van der Waals surface area contributed by atoms with Crippen molar-refractivity contribution in [3.05, 3.63) is 131 Å². The lowest BCUT2D eigenvalue weighted by molar-refractivity contribution is -0.121. The number of carbonyl (C=O) groups excluding carboxylic acids is 1. The van der Waals surface area contributed by atoms with Crippen molar-refractivity contribution < 1.29 is 19.4 Å². The van der Waals surface area contributed by atoms with Crippen molar-refractivity contribution >= 4 is 11.6 Å². The van der Waals surface area contributed by atoms with Crippen molar-refractivity contribution in [3.8, 4) is 5.75 Å². The Bertz CT molecular complexity index is 1310. The molecule has 0 saturated heterocycles. The molecule has 6 nitrogen and oxygen atoms in total. The van der Waals surface area contributed by atoms with Crippen LogP contribution in [0.1, 0.15) is 42.2 Å². The largest absolute Gasteiger partial charge is 0.487 e. The van der Waals surface area contributed by atoms with Crippen molar-refractivity contribution in [2.45, 2.75) is 45.8 Å². The van der Waals surface area contributed by atoms with Crippen LogP contribution in [0.4, 0.5) is 5.69 Å². The first-order valence-electron chi connectivity index (χ1n) is 13.7. The normalized spacial score (nSPS) is 11.9. The SMILES string of the molecule is CC(C)N(Cc1ccccc1)CC(O)c1ccc(OCc2ccccc2)c(NC(=O)COCc2ccccc2)c1. The molecule has 0 heterocycles. The van der Waals surface area contributed by atoms with Gasteiger partial charge < -0.3 is 19.9 Å². The van der Waals surface area contributed by atoms with Gasteiger partial charge in [-0.25, -0.2) is 0 Å². The molecule has 0 fully saturated rings. The van der Waals surface area contributed by atoms with Crippen LogP contribution < -0.4 is 10.1 Å². The lowest BCUT2D eigenvalue weighted by Gasteiger charge is -2.29. The smallest absolute Gasteiger partial charge is 0.250 e. The van der Waals surface area contributed by atoms with E-state index in [1.54, 1.807) is 12.1 Å². The number of aliphatic hydroxyl groups excluding tert-OH is 1. The monoisotopic (exact) mass is 538 g/mol. The number of ether oxygens (including phenoxy) is 2. The maximum atomic E-state index is 12.8. The Balaban J connectivity index is 1.46. The molecule has 6 heteroatoms. The molecule has 0 saturated carbocycles. The zero-order chi connectivity index (χ0) is 28.2. The minimum absolute atomic E-state index is 0.0992. The molecule has 1 amide bonds. The summed E-state index contributed by atoms with van der Waals surface area (Å²) in [6.07, 6.45) is -0.751. The van der Waals surface area contributed by atoms with E-state index in [4.69, 9.17) is 9.47 Å². The highest BCUT2D eigenvalue weighted by atomic mass is 16.5. The van der Waals surface area contributed by atoms with Gasteiger partial charge in [-0.3, -0.25) is 9.69 Å². The second-order valence-corrected chi connectivity index (χ2v) is 10.1. The van der Waals surface area contributed by atoms with Crippen molar-refractivity contribution in [1.82, 2.24) is 4.90 Å². The first-order chi connectivity index (χ1) is 19.5. The number of hydrogen-bond acceptors (Lipinski definition) is 5. The minimum atomic E-state index is -0.751. The standard InChI is InChI=1S/C34H38N2O4/c1-26(2)36(21-27-12-6-3-7-13-27)22-32(37)30-18-19-33(40-24-29-16-10-5-11-17-29)31(20-30)35-34(38)25-39-23-28-14-8-4-9-15-28/h3-20,26,32,37H,21-25H2,1-2H3,(H,35,38). The molecule has 0 aromatic heterocycles. The number of aliphatic hydroxyl groups is 1. The van der Waals surface area contributed by atoms with Crippen LogP contribution in [0, 0.1) is 0 Å². The van der Waals surface area contributed by atoms with Gasteiger partial charge in [0.2, 0.25) is 5.91 Å². The van der Waals surface area contributed by atoms with E-state index in [1.807, 2.05) is 84.9 Å². The van der Waals surface area contributed by atoms with Gasteiger partial charge in [0, 0.05) is 19.1 Å². The summed E-state index contributed by atoms with van der Waals surface area (Å²) < 4.78 is 11.7. The number of nitrogens with one attached hydrogen (secondary N) is 1. The van der Waals surface area contributed by atoms with E-state index in [2.05, 4.69) is 36.2 Å². The summed E-state index contributed by atoms with van der Waals surface area (Å²) in [6.45, 7) is 6.03. The van der Waals surface area contributed by atoms with E-state index in [0.717, 1.165) is 17.7 Å². The van der Waals surface area contributed by atoms with Crippen LogP contribution in [-0.4, -0.2) is 35.1 Å². The topological polar surface area (TPSA) is 71.0 Å². The van der Waals surface area contributed by atoms with Crippen molar-refractivity contribution in [2.75, 3.05) is 18.5 Å². The maximum Gasteiger partial charge on any atom is 0.250 e. The summed E-state index contributed by atoms with van der Waals surface area (Å²) in [5.74, 6) is 0.237. The molecule has 0 spiro atoms. The average Bonchev–Trinajstić information content (AvgIpc) is 2.97. The summed E-state index contributed by atoms with van der Waals surface area (Å²) in [6, 6.07) is 35.5. The Hall–Kier alpha value is -3.97. The van der Waals surface area contributed by atoms with Crippen LogP contribution in [0.2, 0.25) is 0 Å². The predicted octanol–water partition coefficient (Wildman–Crippen LogP) is 6.36. The Labute approximate surface area is 237 Å². The summed E-state index contributed by atoms with van der Waals surface area (Å²) in [4.78, 5) is 15.0. The molecule has 0 bridgehead atoms. The molecule has 1 atom stereocenters. The average molecular weight is 539 g/mol. The van der Waals surface area contributed by atoms with Crippen LogP contribution in [0.15, 0.2) is 109 Å². The van der Waals surface area contributed by atoms with Gasteiger partial charge in [-0.2, -0.15) is 0 Å². The lowest BCUT2D eigenvalue weighted by atomic mass is 10.1. The van der Waals surface area contributed by atoms with Crippen LogP contribution >= 0.6 is 0 Å². The number of benzene rings is 4. The zero-order valence-corrected chi connectivity index (χ0v) is 23.2. The van der Waals surface area contributed by atoms with Gasteiger partial charge in [0.15, 0.2) is 0 Å². The highest BCUT2D eigenvalue weighted by Crippen LogP contribution is 2.30. The van der Waals surface area contributed by atoms with Gasteiger partial charge in [-0.15, -0.1) is 0 Å². The highest BCUT2D eigenvalue weighted by Gasteiger charge is 2.19. The molecule has 0 radical (unpaired) electrons. The molecule has 0 aliphatic carbocycles. The Morgan fingerprint density at radius 1 is 0.800 bits per heavy atom. The van der Waals surface area contributed by atoms with E-state index < -0.39 is 6.10 Å². The first kappa shape index (κ1) is 29.0. The Morgan fingerprint density at radius 2 is 1.38 bits per heavy atom. The number of hydrogen-bond donors (Lipinski definition) is 2. The van der Waals surface area contributed by atoms with E-state index in [1.165, 1.54) is 5.56 Å². The molecule has 2 N–H and O–H groups in total. The molecule has 4 aromatic rings. The molecule has 4 aromatic carbocycles. The molecule has 208 valence electrons. The minimum Gasteiger partial charge on any atom is -0.487 e. The zero-order valence-electron chi connectivity index (χ0n) is 23.2. The summed E-state index contributed by atoms with van der Waals surface area (Å²) >= 11 is 0. The Kier molecular flexibility index (Phi) is 10.9. The molecule has 1 unspecified atom stereocenters. The molecular formula is C34H38N2O4. The second-order valence-electron chi connectivity index (χ2n) is 10.1. The lowest BCUT2D eigenvalue weighted by Crippen LogP contribution is -2.34. The molecular weight excluding hydrogens is 500 g/mol. The highest BCUT2D eigenvalue weighted by molar-refractivity contribution is 5.93. The number of amides is 1. The fourth-order valence-electron chi connectivity index (χ4n) is 4.34. The van der Waals surface area contributed by atoms with Crippen molar-refractivity contribution in [2.24, 2.45) is 0 Å². The van der Waals surface area contributed by atoms with Crippen molar-refractivity contribution in [3.63, 3.8) is 0 Å². The third kappa shape index (κ3) is 9.06. The quantitative estimate of drug-likeness (QED) is 0.195. The fraction of sp³-hybridized carbons (Fsp3) is 0.265. The van der Waals surface area contributed by atoms with E-state index >= 15 is 0 Å². The maximum absolute atomic E-state index is 12.8. The summed E-state index contributed by atoms with van der Waals surface area (Å²) in [5.41, 5.74) is 4.41. The number of nitrogens with zero attached hydrogens (tertiary/aromatic N) is 1. The van der Waals surface area contributed by atoms with Crippen LogP contribution in [0.3, 0.4) is 0 Å². The van der Waals surface area contributed by atoms with E-state index in [9.17, 15) is 9.90 Å².